The van der Waals surface area contributed by atoms with E-state index in [1.54, 1.807) is 6.20 Å². The second-order valence-corrected chi connectivity index (χ2v) is 4.67. The van der Waals surface area contributed by atoms with E-state index in [0.29, 0.717) is 12.2 Å². The molecule has 1 aromatic carbocycles. The normalized spacial score (nSPS) is 10.6. The van der Waals surface area contributed by atoms with Gasteiger partial charge in [-0.25, -0.2) is 9.48 Å². The van der Waals surface area contributed by atoms with Crippen LogP contribution in [0.25, 0.3) is 5.69 Å². The average molecular weight is 272 g/mol. The van der Waals surface area contributed by atoms with Gasteiger partial charge in [0.1, 0.15) is 5.56 Å². The lowest BCUT2D eigenvalue weighted by Crippen LogP contribution is -2.10. The Morgan fingerprint density at radius 3 is 2.70 bits per heavy atom. The zero-order valence-electron chi connectivity index (χ0n) is 12.2. The lowest BCUT2D eigenvalue weighted by molar-refractivity contribution is 0.0525. The molecule has 4 heteroatoms. The molecule has 2 rings (SSSR count). The third-order valence-corrected chi connectivity index (χ3v) is 3.19. The van der Waals surface area contributed by atoms with Gasteiger partial charge in [-0.05, 0) is 31.9 Å². The number of nitrogens with zero attached hydrogens (tertiary/aromatic N) is 2. The predicted molar refractivity (Wildman–Crippen MR) is 78.3 cm³/mol. The fourth-order valence-corrected chi connectivity index (χ4v) is 2.24. The van der Waals surface area contributed by atoms with Crippen LogP contribution in [0.4, 0.5) is 0 Å². The van der Waals surface area contributed by atoms with Gasteiger partial charge in [0.25, 0.3) is 0 Å². The number of ether oxygens (including phenoxy) is 1. The summed E-state index contributed by atoms with van der Waals surface area (Å²) in [5, 5.41) is 4.38. The van der Waals surface area contributed by atoms with Crippen molar-refractivity contribution >= 4 is 5.97 Å². The number of aromatic nitrogens is 2. The summed E-state index contributed by atoms with van der Waals surface area (Å²) in [7, 11) is 0. The SMILES string of the molecule is CCCc1c(C(=O)OCC)cnn1-c1ccccc1C. The first-order valence-corrected chi connectivity index (χ1v) is 6.99. The van der Waals surface area contributed by atoms with Gasteiger partial charge in [0, 0.05) is 0 Å². The molecule has 106 valence electrons. The molecule has 20 heavy (non-hydrogen) atoms. The van der Waals surface area contributed by atoms with Crippen LogP contribution in [0.2, 0.25) is 0 Å². The first-order chi connectivity index (χ1) is 9.69. The van der Waals surface area contributed by atoms with E-state index in [1.165, 1.54) is 0 Å². The van der Waals surface area contributed by atoms with Crippen molar-refractivity contribution in [3.8, 4) is 5.69 Å². The monoisotopic (exact) mass is 272 g/mol. The Morgan fingerprint density at radius 1 is 1.30 bits per heavy atom. The number of carbonyl (C=O) groups excluding carboxylic acids is 1. The summed E-state index contributed by atoms with van der Waals surface area (Å²) in [6.45, 7) is 6.31. The maximum absolute atomic E-state index is 12.0. The van der Waals surface area contributed by atoms with E-state index in [4.69, 9.17) is 4.74 Å². The summed E-state index contributed by atoms with van der Waals surface area (Å²) < 4.78 is 6.95. The highest BCUT2D eigenvalue weighted by Gasteiger charge is 2.19. The van der Waals surface area contributed by atoms with E-state index in [0.717, 1.165) is 29.8 Å². The molecule has 1 aromatic heterocycles. The highest BCUT2D eigenvalue weighted by atomic mass is 16.5. The van der Waals surface area contributed by atoms with Gasteiger partial charge in [-0.1, -0.05) is 31.5 Å². The van der Waals surface area contributed by atoms with E-state index in [1.807, 2.05) is 42.8 Å². The zero-order valence-corrected chi connectivity index (χ0v) is 12.2. The molecule has 0 aliphatic rings. The van der Waals surface area contributed by atoms with Crippen molar-refractivity contribution in [2.75, 3.05) is 6.61 Å². The lowest BCUT2D eigenvalue weighted by Gasteiger charge is -2.11. The Labute approximate surface area is 119 Å². The van der Waals surface area contributed by atoms with E-state index in [-0.39, 0.29) is 5.97 Å². The molecule has 1 heterocycles. The Morgan fingerprint density at radius 2 is 2.05 bits per heavy atom. The van der Waals surface area contributed by atoms with Crippen LogP contribution in [-0.2, 0) is 11.2 Å². The van der Waals surface area contributed by atoms with Crippen molar-refractivity contribution < 1.29 is 9.53 Å². The molecule has 0 N–H and O–H groups in total. The zero-order chi connectivity index (χ0) is 14.5. The van der Waals surface area contributed by atoms with Gasteiger partial charge in [0.05, 0.1) is 24.2 Å². The molecule has 0 aliphatic carbocycles. The molecular weight excluding hydrogens is 252 g/mol. The molecule has 0 radical (unpaired) electrons. The third kappa shape index (κ3) is 2.74. The molecule has 2 aromatic rings. The number of benzene rings is 1. The maximum atomic E-state index is 12.0. The fourth-order valence-electron chi connectivity index (χ4n) is 2.24. The standard InChI is InChI=1S/C16H20N2O2/c1-4-8-15-13(16(19)20-5-2)11-17-18(15)14-10-7-6-9-12(14)3/h6-7,9-11H,4-5,8H2,1-3H3. The minimum atomic E-state index is -0.296. The number of rotatable bonds is 5. The first kappa shape index (κ1) is 14.3. The summed E-state index contributed by atoms with van der Waals surface area (Å²) in [5.41, 5.74) is 3.62. The van der Waals surface area contributed by atoms with Crippen molar-refractivity contribution in [2.24, 2.45) is 0 Å². The maximum Gasteiger partial charge on any atom is 0.341 e. The average Bonchev–Trinajstić information content (AvgIpc) is 2.84. The minimum Gasteiger partial charge on any atom is -0.462 e. The Kier molecular flexibility index (Phi) is 4.56. The van der Waals surface area contributed by atoms with Gasteiger partial charge in [0.15, 0.2) is 0 Å². The van der Waals surface area contributed by atoms with Crippen LogP contribution in [0.15, 0.2) is 30.5 Å². The molecule has 0 unspecified atom stereocenters. The summed E-state index contributed by atoms with van der Waals surface area (Å²) >= 11 is 0. The van der Waals surface area contributed by atoms with Crippen molar-refractivity contribution in [1.29, 1.82) is 0 Å². The smallest absolute Gasteiger partial charge is 0.341 e. The van der Waals surface area contributed by atoms with Gasteiger partial charge in [0.2, 0.25) is 0 Å². The van der Waals surface area contributed by atoms with Crippen LogP contribution < -0.4 is 0 Å². The van der Waals surface area contributed by atoms with Gasteiger partial charge >= 0.3 is 5.97 Å². The molecule has 0 bridgehead atoms. The second kappa shape index (κ2) is 6.37. The molecule has 4 nitrogen and oxygen atoms in total. The van der Waals surface area contributed by atoms with E-state index < -0.39 is 0 Å². The molecule has 0 saturated carbocycles. The van der Waals surface area contributed by atoms with Crippen LogP contribution in [-0.4, -0.2) is 22.4 Å². The summed E-state index contributed by atoms with van der Waals surface area (Å²) in [4.78, 5) is 12.0. The summed E-state index contributed by atoms with van der Waals surface area (Å²) in [6, 6.07) is 8.02. The van der Waals surface area contributed by atoms with Crippen molar-refractivity contribution in [3.63, 3.8) is 0 Å². The minimum absolute atomic E-state index is 0.296. The largest absolute Gasteiger partial charge is 0.462 e. The first-order valence-electron chi connectivity index (χ1n) is 6.99. The van der Waals surface area contributed by atoms with Crippen LogP contribution in [0, 0.1) is 6.92 Å². The topological polar surface area (TPSA) is 44.1 Å². The summed E-state index contributed by atoms with van der Waals surface area (Å²) in [5.74, 6) is -0.296. The highest BCUT2D eigenvalue weighted by molar-refractivity contribution is 5.90. The van der Waals surface area contributed by atoms with E-state index >= 15 is 0 Å². The van der Waals surface area contributed by atoms with Gasteiger partial charge in [-0.2, -0.15) is 5.10 Å². The number of para-hydroxylation sites is 1. The van der Waals surface area contributed by atoms with Crippen LogP contribution >= 0.6 is 0 Å². The Balaban J connectivity index is 2.49. The number of carbonyl (C=O) groups is 1. The van der Waals surface area contributed by atoms with Crippen LogP contribution in [0.1, 0.15) is 41.9 Å². The van der Waals surface area contributed by atoms with E-state index in [2.05, 4.69) is 12.0 Å². The predicted octanol–water partition coefficient (Wildman–Crippen LogP) is 3.31. The van der Waals surface area contributed by atoms with Crippen molar-refractivity contribution in [1.82, 2.24) is 9.78 Å². The number of hydrogen-bond donors (Lipinski definition) is 0. The number of aryl methyl sites for hydroxylation is 1. The molecular formula is C16H20N2O2. The molecule has 0 spiro atoms. The quantitative estimate of drug-likeness (QED) is 0.784. The van der Waals surface area contributed by atoms with Gasteiger partial charge in [-0.15, -0.1) is 0 Å². The van der Waals surface area contributed by atoms with Crippen molar-refractivity contribution in [2.45, 2.75) is 33.6 Å². The van der Waals surface area contributed by atoms with Crippen molar-refractivity contribution in [3.05, 3.63) is 47.3 Å². The molecule has 0 atom stereocenters. The highest BCUT2D eigenvalue weighted by Crippen LogP contribution is 2.20. The Bertz CT molecular complexity index is 602. The molecule has 0 amide bonds. The third-order valence-electron chi connectivity index (χ3n) is 3.19. The van der Waals surface area contributed by atoms with Crippen LogP contribution in [0.3, 0.4) is 0 Å². The number of hydrogen-bond acceptors (Lipinski definition) is 3. The Hall–Kier alpha value is -2.10. The van der Waals surface area contributed by atoms with E-state index in [9.17, 15) is 4.79 Å². The van der Waals surface area contributed by atoms with Crippen LogP contribution in [0.5, 0.6) is 0 Å². The van der Waals surface area contributed by atoms with Gasteiger partial charge in [-0.3, -0.25) is 0 Å². The lowest BCUT2D eigenvalue weighted by atomic mass is 10.1. The number of esters is 1. The molecule has 0 aliphatic heterocycles. The fraction of sp³-hybridized carbons (Fsp3) is 0.375. The second-order valence-electron chi connectivity index (χ2n) is 4.67. The van der Waals surface area contributed by atoms with Gasteiger partial charge < -0.3 is 4.74 Å². The molecule has 0 fully saturated rings. The molecule has 0 saturated heterocycles. The summed E-state index contributed by atoms with van der Waals surface area (Å²) in [6.07, 6.45) is 3.35.